The molecule has 2 fully saturated rings. The van der Waals surface area contributed by atoms with E-state index in [2.05, 4.69) is 0 Å². The van der Waals surface area contributed by atoms with Gasteiger partial charge in [-0.3, -0.25) is 9.69 Å². The van der Waals surface area contributed by atoms with Crippen LogP contribution in [0.15, 0.2) is 30.3 Å². The van der Waals surface area contributed by atoms with Crippen LogP contribution in [0, 0.1) is 0 Å². The molecule has 0 aromatic heterocycles. The Morgan fingerprint density at radius 2 is 1.87 bits per heavy atom. The Morgan fingerprint density at radius 1 is 1.17 bits per heavy atom. The standard InChI is InChI=1S/C18H23NO4/c20-16(10-9-14-7-3-1-4-8-14)19-15(17(21)22)13-23-18(19)11-5-2-6-12-18/h1,3-4,7-8,15H,2,5-6,9-13H2,(H,21,22)/t15-/m0/s1. The molecule has 1 heterocycles. The van der Waals surface area contributed by atoms with E-state index in [1.807, 2.05) is 30.3 Å². The number of aryl methyl sites for hydroxylation is 1. The molecule has 1 amide bonds. The van der Waals surface area contributed by atoms with Crippen LogP contribution in [-0.4, -0.2) is 40.3 Å². The number of benzene rings is 1. The van der Waals surface area contributed by atoms with E-state index in [-0.39, 0.29) is 12.5 Å². The average molecular weight is 317 g/mol. The molecule has 1 aliphatic carbocycles. The Hall–Kier alpha value is -1.88. The van der Waals surface area contributed by atoms with Gasteiger partial charge in [0, 0.05) is 6.42 Å². The number of ether oxygens (including phenoxy) is 1. The van der Waals surface area contributed by atoms with Crippen LogP contribution in [0.3, 0.4) is 0 Å². The molecule has 5 nitrogen and oxygen atoms in total. The fourth-order valence-electron chi connectivity index (χ4n) is 3.75. The number of carboxylic acids is 1. The van der Waals surface area contributed by atoms with Crippen molar-refractivity contribution in [1.29, 1.82) is 0 Å². The van der Waals surface area contributed by atoms with Crippen LogP contribution in [-0.2, 0) is 20.7 Å². The molecule has 23 heavy (non-hydrogen) atoms. The van der Waals surface area contributed by atoms with Crippen LogP contribution in [0.1, 0.15) is 44.1 Å². The summed E-state index contributed by atoms with van der Waals surface area (Å²) in [5.41, 5.74) is 0.403. The van der Waals surface area contributed by atoms with Gasteiger partial charge in [-0.05, 0) is 37.7 Å². The van der Waals surface area contributed by atoms with Gasteiger partial charge in [-0.25, -0.2) is 4.79 Å². The SMILES string of the molecule is O=C(O)[C@@H]1COC2(CCCCC2)N1C(=O)CCc1ccccc1. The smallest absolute Gasteiger partial charge is 0.328 e. The number of hydrogen-bond acceptors (Lipinski definition) is 3. The third kappa shape index (κ3) is 3.24. The van der Waals surface area contributed by atoms with Crippen molar-refractivity contribution in [2.75, 3.05) is 6.61 Å². The van der Waals surface area contributed by atoms with Crippen LogP contribution in [0.4, 0.5) is 0 Å². The highest BCUT2D eigenvalue weighted by Crippen LogP contribution is 2.40. The zero-order valence-corrected chi connectivity index (χ0v) is 13.2. The van der Waals surface area contributed by atoms with Crippen molar-refractivity contribution >= 4 is 11.9 Å². The number of hydrogen-bond donors (Lipinski definition) is 1. The Labute approximate surface area is 136 Å². The normalized spacial score (nSPS) is 23.1. The van der Waals surface area contributed by atoms with E-state index in [0.717, 1.165) is 37.7 Å². The molecule has 3 rings (SSSR count). The highest BCUT2D eigenvalue weighted by molar-refractivity contribution is 5.85. The minimum atomic E-state index is -0.972. The predicted octanol–water partition coefficient (Wildman–Crippen LogP) is 2.59. The van der Waals surface area contributed by atoms with Crippen LogP contribution in [0.5, 0.6) is 0 Å². The second kappa shape index (κ2) is 6.71. The zero-order chi connectivity index (χ0) is 16.3. The van der Waals surface area contributed by atoms with Gasteiger partial charge in [-0.15, -0.1) is 0 Å². The summed E-state index contributed by atoms with van der Waals surface area (Å²) in [5.74, 6) is -1.08. The monoisotopic (exact) mass is 317 g/mol. The average Bonchev–Trinajstić information content (AvgIpc) is 2.93. The Balaban J connectivity index is 1.74. The molecule has 1 saturated heterocycles. The van der Waals surface area contributed by atoms with Crippen LogP contribution in [0.25, 0.3) is 0 Å². The third-order valence-electron chi connectivity index (χ3n) is 4.92. The largest absolute Gasteiger partial charge is 0.480 e. The van der Waals surface area contributed by atoms with Gasteiger partial charge < -0.3 is 9.84 Å². The van der Waals surface area contributed by atoms with Gasteiger partial charge in [0.25, 0.3) is 0 Å². The van der Waals surface area contributed by atoms with E-state index >= 15 is 0 Å². The number of aliphatic carboxylic acids is 1. The van der Waals surface area contributed by atoms with E-state index in [0.29, 0.717) is 12.8 Å². The molecule has 1 aliphatic heterocycles. The maximum absolute atomic E-state index is 12.8. The molecule has 1 spiro atoms. The molecule has 1 saturated carbocycles. The Kier molecular flexibility index (Phi) is 4.66. The number of rotatable bonds is 4. The third-order valence-corrected chi connectivity index (χ3v) is 4.92. The molecule has 1 atom stereocenters. The zero-order valence-electron chi connectivity index (χ0n) is 13.2. The predicted molar refractivity (Wildman–Crippen MR) is 84.8 cm³/mol. The van der Waals surface area contributed by atoms with Crippen molar-refractivity contribution in [1.82, 2.24) is 4.90 Å². The van der Waals surface area contributed by atoms with Gasteiger partial charge in [0.15, 0.2) is 6.04 Å². The number of carbonyl (C=O) groups excluding carboxylic acids is 1. The summed E-state index contributed by atoms with van der Waals surface area (Å²) >= 11 is 0. The fourth-order valence-corrected chi connectivity index (χ4v) is 3.75. The summed E-state index contributed by atoms with van der Waals surface area (Å²) < 4.78 is 5.87. The maximum atomic E-state index is 12.8. The van der Waals surface area contributed by atoms with E-state index < -0.39 is 17.7 Å². The molecule has 0 radical (unpaired) electrons. The number of nitrogens with zero attached hydrogens (tertiary/aromatic N) is 1. The van der Waals surface area contributed by atoms with Crippen molar-refractivity contribution in [3.05, 3.63) is 35.9 Å². The van der Waals surface area contributed by atoms with Gasteiger partial charge in [-0.2, -0.15) is 0 Å². The fraction of sp³-hybridized carbons (Fsp3) is 0.556. The summed E-state index contributed by atoms with van der Waals surface area (Å²) in [6, 6.07) is 8.95. The first-order valence-electron chi connectivity index (χ1n) is 8.35. The molecule has 0 unspecified atom stereocenters. The van der Waals surface area contributed by atoms with Crippen molar-refractivity contribution in [2.45, 2.75) is 56.7 Å². The van der Waals surface area contributed by atoms with Crippen molar-refractivity contribution in [3.63, 3.8) is 0 Å². The Bertz CT molecular complexity index is 566. The van der Waals surface area contributed by atoms with Gasteiger partial charge in [-0.1, -0.05) is 36.8 Å². The number of amides is 1. The molecular formula is C18H23NO4. The molecule has 1 aromatic rings. The second-order valence-electron chi connectivity index (χ2n) is 6.42. The van der Waals surface area contributed by atoms with Crippen LogP contribution < -0.4 is 0 Å². The lowest BCUT2D eigenvalue weighted by Crippen LogP contribution is -2.54. The van der Waals surface area contributed by atoms with E-state index in [1.54, 1.807) is 0 Å². The van der Waals surface area contributed by atoms with Gasteiger partial charge in [0.2, 0.25) is 5.91 Å². The topological polar surface area (TPSA) is 66.8 Å². The quantitative estimate of drug-likeness (QED) is 0.927. The molecule has 0 bridgehead atoms. The van der Waals surface area contributed by atoms with Crippen LogP contribution in [0.2, 0.25) is 0 Å². The van der Waals surface area contributed by atoms with Crippen LogP contribution >= 0.6 is 0 Å². The minimum Gasteiger partial charge on any atom is -0.480 e. The van der Waals surface area contributed by atoms with Crippen molar-refractivity contribution in [3.8, 4) is 0 Å². The highest BCUT2D eigenvalue weighted by Gasteiger charge is 2.52. The van der Waals surface area contributed by atoms with Gasteiger partial charge >= 0.3 is 5.97 Å². The van der Waals surface area contributed by atoms with E-state index in [9.17, 15) is 14.7 Å². The first-order valence-corrected chi connectivity index (χ1v) is 8.35. The number of carboxylic acid groups (broad SMARTS) is 1. The summed E-state index contributed by atoms with van der Waals surface area (Å²) in [4.78, 5) is 25.9. The minimum absolute atomic E-state index is 0.104. The van der Waals surface area contributed by atoms with Gasteiger partial charge in [0.05, 0.1) is 6.61 Å². The molecule has 124 valence electrons. The number of carbonyl (C=O) groups is 2. The van der Waals surface area contributed by atoms with E-state index in [1.165, 1.54) is 4.90 Å². The van der Waals surface area contributed by atoms with E-state index in [4.69, 9.17) is 4.74 Å². The van der Waals surface area contributed by atoms with Gasteiger partial charge in [0.1, 0.15) is 5.72 Å². The lowest BCUT2D eigenvalue weighted by Gasteiger charge is -2.41. The Morgan fingerprint density at radius 3 is 2.52 bits per heavy atom. The first-order chi connectivity index (χ1) is 11.1. The molecule has 5 heteroatoms. The maximum Gasteiger partial charge on any atom is 0.328 e. The molecular weight excluding hydrogens is 294 g/mol. The lowest BCUT2D eigenvalue weighted by atomic mass is 9.89. The highest BCUT2D eigenvalue weighted by atomic mass is 16.5. The lowest BCUT2D eigenvalue weighted by molar-refractivity contribution is -0.163. The molecule has 2 aliphatic rings. The summed E-state index contributed by atoms with van der Waals surface area (Å²) in [7, 11) is 0. The van der Waals surface area contributed by atoms with Crippen molar-refractivity contribution in [2.24, 2.45) is 0 Å². The molecule has 1 aromatic carbocycles. The summed E-state index contributed by atoms with van der Waals surface area (Å²) in [5, 5.41) is 9.46. The second-order valence-corrected chi connectivity index (χ2v) is 6.42. The first kappa shape index (κ1) is 16.0. The summed E-state index contributed by atoms with van der Waals surface area (Å²) in [6.45, 7) is 0.104. The molecule has 1 N–H and O–H groups in total. The summed E-state index contributed by atoms with van der Waals surface area (Å²) in [6.07, 6.45) is 5.51. The van der Waals surface area contributed by atoms with Crippen molar-refractivity contribution < 1.29 is 19.4 Å².